The largest absolute Gasteiger partial charge is 0.534 e. The highest BCUT2D eigenvalue weighted by molar-refractivity contribution is 7.87. The molecule has 19 heavy (non-hydrogen) atoms. The first-order valence-electron chi connectivity index (χ1n) is 4.93. The zero-order valence-electron chi connectivity index (χ0n) is 9.35. The van der Waals surface area contributed by atoms with Crippen LogP contribution in [0.1, 0.15) is 12.0 Å². The molecule has 0 aliphatic rings. The third-order valence-corrected chi connectivity index (χ3v) is 2.99. The normalized spacial score (nSPS) is 12.2. The zero-order valence-corrected chi connectivity index (χ0v) is 10.2. The summed E-state index contributed by atoms with van der Waals surface area (Å²) in [7, 11) is -5.72. The van der Waals surface area contributed by atoms with Crippen LogP contribution in [0, 0.1) is 0 Å². The summed E-state index contributed by atoms with van der Waals surface area (Å²) in [6.07, 6.45) is -0.173. The van der Waals surface area contributed by atoms with Gasteiger partial charge in [-0.05, 0) is 24.1 Å². The van der Waals surface area contributed by atoms with Crippen LogP contribution in [0.15, 0.2) is 24.3 Å². The van der Waals surface area contributed by atoms with Crippen molar-refractivity contribution >= 4 is 16.1 Å². The number of aryl methyl sites for hydroxylation is 1. The predicted octanol–water partition coefficient (Wildman–Crippen LogP) is 1.93. The van der Waals surface area contributed by atoms with Gasteiger partial charge in [0.25, 0.3) is 0 Å². The van der Waals surface area contributed by atoms with E-state index in [4.69, 9.17) is 5.11 Å². The van der Waals surface area contributed by atoms with Crippen LogP contribution in [0.5, 0.6) is 5.75 Å². The fraction of sp³-hybridized carbons (Fsp3) is 0.300. The smallest absolute Gasteiger partial charge is 0.481 e. The summed E-state index contributed by atoms with van der Waals surface area (Å²) in [5.74, 6) is -1.59. The molecule has 5 nitrogen and oxygen atoms in total. The van der Waals surface area contributed by atoms with E-state index in [0.717, 1.165) is 12.1 Å². The van der Waals surface area contributed by atoms with Crippen molar-refractivity contribution in [1.82, 2.24) is 0 Å². The Labute approximate surface area is 106 Å². The molecule has 9 heteroatoms. The van der Waals surface area contributed by atoms with Crippen molar-refractivity contribution in [2.45, 2.75) is 18.3 Å². The lowest BCUT2D eigenvalue weighted by Gasteiger charge is -2.10. The van der Waals surface area contributed by atoms with E-state index in [0.29, 0.717) is 5.56 Å². The average Bonchev–Trinajstić information content (AvgIpc) is 2.24. The lowest BCUT2D eigenvalue weighted by atomic mass is 10.1. The van der Waals surface area contributed by atoms with E-state index in [9.17, 15) is 26.4 Å². The van der Waals surface area contributed by atoms with E-state index < -0.39 is 27.3 Å². The van der Waals surface area contributed by atoms with E-state index in [-0.39, 0.29) is 12.8 Å². The molecule has 0 atom stereocenters. The van der Waals surface area contributed by atoms with Crippen LogP contribution in [0.3, 0.4) is 0 Å². The van der Waals surface area contributed by atoms with Gasteiger partial charge in [-0.1, -0.05) is 12.1 Å². The number of carboxylic acid groups (broad SMARTS) is 1. The number of halogens is 3. The van der Waals surface area contributed by atoms with Gasteiger partial charge in [-0.15, -0.1) is 0 Å². The number of hydrogen-bond donors (Lipinski definition) is 1. The Morgan fingerprint density at radius 1 is 1.32 bits per heavy atom. The summed E-state index contributed by atoms with van der Waals surface area (Å²) in [6, 6.07) is 4.81. The van der Waals surface area contributed by atoms with Crippen LogP contribution >= 0.6 is 0 Å². The number of benzene rings is 1. The molecule has 0 bridgehead atoms. The van der Waals surface area contributed by atoms with Gasteiger partial charge in [0.15, 0.2) is 0 Å². The SMILES string of the molecule is O=C(O)CCc1cccc(OS(=O)(=O)C(F)(F)F)c1. The van der Waals surface area contributed by atoms with Crippen molar-refractivity contribution in [3.05, 3.63) is 29.8 Å². The molecule has 0 aliphatic heterocycles. The Kier molecular flexibility index (Phi) is 4.40. The second-order valence-electron chi connectivity index (χ2n) is 3.52. The molecule has 0 spiro atoms. The fourth-order valence-electron chi connectivity index (χ4n) is 1.18. The number of carbonyl (C=O) groups is 1. The molecule has 0 heterocycles. The number of aliphatic carboxylic acids is 1. The minimum absolute atomic E-state index is 0.0542. The maximum Gasteiger partial charge on any atom is 0.534 e. The molecule has 0 unspecified atom stereocenters. The van der Waals surface area contributed by atoms with E-state index in [1.165, 1.54) is 12.1 Å². The second kappa shape index (κ2) is 5.47. The monoisotopic (exact) mass is 298 g/mol. The van der Waals surface area contributed by atoms with Crippen molar-refractivity contribution in [2.75, 3.05) is 0 Å². The van der Waals surface area contributed by atoms with E-state index >= 15 is 0 Å². The van der Waals surface area contributed by atoms with E-state index in [1.54, 1.807) is 0 Å². The van der Waals surface area contributed by atoms with Crippen molar-refractivity contribution < 1.29 is 35.7 Å². The molecule has 0 fully saturated rings. The minimum Gasteiger partial charge on any atom is -0.481 e. The number of rotatable bonds is 5. The highest BCUT2D eigenvalue weighted by Gasteiger charge is 2.48. The molecule has 1 aromatic carbocycles. The van der Waals surface area contributed by atoms with Gasteiger partial charge in [0.05, 0.1) is 0 Å². The van der Waals surface area contributed by atoms with Crippen LogP contribution in [0.4, 0.5) is 13.2 Å². The fourth-order valence-corrected chi connectivity index (χ4v) is 1.63. The highest BCUT2D eigenvalue weighted by Crippen LogP contribution is 2.27. The van der Waals surface area contributed by atoms with Gasteiger partial charge in [-0.2, -0.15) is 21.6 Å². The lowest BCUT2D eigenvalue weighted by molar-refractivity contribution is -0.136. The molecule has 1 N–H and O–H groups in total. The first-order chi connectivity index (χ1) is 8.62. The molecular weight excluding hydrogens is 289 g/mol. The van der Waals surface area contributed by atoms with Gasteiger partial charge in [0.2, 0.25) is 0 Å². The van der Waals surface area contributed by atoms with Crippen molar-refractivity contribution in [3.63, 3.8) is 0 Å². The molecule has 0 radical (unpaired) electrons. The Morgan fingerprint density at radius 2 is 1.95 bits per heavy atom. The van der Waals surface area contributed by atoms with Crippen LogP contribution in [0.2, 0.25) is 0 Å². The second-order valence-corrected chi connectivity index (χ2v) is 5.06. The Balaban J connectivity index is 2.86. The molecule has 0 saturated heterocycles. The molecular formula is C10H9F3O5S. The van der Waals surface area contributed by atoms with E-state index in [1.807, 2.05) is 0 Å². The minimum atomic E-state index is -5.72. The molecule has 0 saturated carbocycles. The predicted molar refractivity (Wildman–Crippen MR) is 58.0 cm³/mol. The summed E-state index contributed by atoms with van der Waals surface area (Å²) in [5, 5.41) is 8.46. The highest BCUT2D eigenvalue weighted by atomic mass is 32.2. The average molecular weight is 298 g/mol. The maximum atomic E-state index is 12.1. The van der Waals surface area contributed by atoms with Gasteiger partial charge in [-0.3, -0.25) is 4.79 Å². The first-order valence-corrected chi connectivity index (χ1v) is 6.34. The molecule has 0 amide bonds. The summed E-state index contributed by atoms with van der Waals surface area (Å²) < 4.78 is 61.7. The van der Waals surface area contributed by atoms with E-state index in [2.05, 4.69) is 4.18 Å². The summed E-state index contributed by atoms with van der Waals surface area (Å²) in [6.45, 7) is 0. The first kappa shape index (κ1) is 15.3. The van der Waals surface area contributed by atoms with Gasteiger partial charge in [0, 0.05) is 6.42 Å². The molecule has 0 aliphatic carbocycles. The van der Waals surface area contributed by atoms with Crippen molar-refractivity contribution in [3.8, 4) is 5.75 Å². The Hall–Kier alpha value is -1.77. The standard InChI is InChI=1S/C10H9F3O5S/c11-10(12,13)19(16,17)18-8-3-1-2-7(6-8)4-5-9(14)15/h1-3,6H,4-5H2,(H,14,15). The Morgan fingerprint density at radius 3 is 2.47 bits per heavy atom. The van der Waals surface area contributed by atoms with Gasteiger partial charge >= 0.3 is 21.6 Å². The third kappa shape index (κ3) is 4.43. The van der Waals surface area contributed by atoms with Crippen LogP contribution in [0.25, 0.3) is 0 Å². The third-order valence-electron chi connectivity index (χ3n) is 2.02. The van der Waals surface area contributed by atoms with Crippen LogP contribution in [-0.4, -0.2) is 25.0 Å². The Bertz CT molecular complexity index is 565. The molecule has 106 valence electrons. The summed E-state index contributed by atoms with van der Waals surface area (Å²) in [5.41, 5.74) is -5.15. The van der Waals surface area contributed by atoms with Crippen LogP contribution < -0.4 is 4.18 Å². The van der Waals surface area contributed by atoms with Crippen molar-refractivity contribution in [1.29, 1.82) is 0 Å². The van der Waals surface area contributed by atoms with Gasteiger partial charge in [0.1, 0.15) is 5.75 Å². The molecule has 1 rings (SSSR count). The summed E-state index contributed by atoms with van der Waals surface area (Å²) >= 11 is 0. The lowest BCUT2D eigenvalue weighted by Crippen LogP contribution is -2.28. The number of carboxylic acids is 1. The van der Waals surface area contributed by atoms with Crippen LogP contribution in [-0.2, 0) is 21.3 Å². The number of alkyl halides is 3. The van der Waals surface area contributed by atoms with Gasteiger partial charge in [-0.25, -0.2) is 0 Å². The number of hydrogen-bond acceptors (Lipinski definition) is 4. The topological polar surface area (TPSA) is 80.7 Å². The summed E-state index contributed by atoms with van der Waals surface area (Å²) in [4.78, 5) is 10.3. The van der Waals surface area contributed by atoms with Gasteiger partial charge < -0.3 is 9.29 Å². The molecule has 1 aromatic rings. The van der Waals surface area contributed by atoms with Crippen molar-refractivity contribution in [2.24, 2.45) is 0 Å². The maximum absolute atomic E-state index is 12.1. The quantitative estimate of drug-likeness (QED) is 0.663. The zero-order chi connectivity index (χ0) is 14.7. The molecule has 0 aromatic heterocycles.